The molecule has 0 aliphatic carbocycles. The quantitative estimate of drug-likeness (QED) is 0.795. The largest absolute Gasteiger partial charge is 0.306 e. The number of hydrogen-bond donors (Lipinski definition) is 1. The maximum Gasteiger partial charge on any atom is 0.236 e. The highest BCUT2D eigenvalue weighted by Crippen LogP contribution is 2.18. The van der Waals surface area contributed by atoms with Crippen molar-refractivity contribution in [1.82, 2.24) is 19.7 Å². The van der Waals surface area contributed by atoms with Crippen LogP contribution in [0.1, 0.15) is 26.1 Å². The number of rotatable bonds is 7. The first-order valence-electron chi connectivity index (χ1n) is 6.48. The summed E-state index contributed by atoms with van der Waals surface area (Å²) in [5.74, 6) is 1.22. The van der Waals surface area contributed by atoms with Crippen molar-refractivity contribution in [2.24, 2.45) is 0 Å². The second-order valence-electron chi connectivity index (χ2n) is 4.07. The van der Waals surface area contributed by atoms with E-state index >= 15 is 0 Å². The summed E-state index contributed by atoms with van der Waals surface area (Å²) in [6.45, 7) is 4.99. The van der Waals surface area contributed by atoms with Gasteiger partial charge in [0.1, 0.15) is 5.82 Å². The molecule has 2 aromatic heterocycles. The zero-order valence-corrected chi connectivity index (χ0v) is 13.1. The number of thioether (sulfide) groups is 1. The Kier molecular flexibility index (Phi) is 5.54. The number of aromatic nitrogens is 4. The number of nitrogens with one attached hydrogen (secondary N) is 1. The highest BCUT2D eigenvalue weighted by Gasteiger charge is 2.12. The van der Waals surface area contributed by atoms with Crippen LogP contribution in [0.4, 0.5) is 5.13 Å². The normalized spacial score (nSPS) is 10.7. The van der Waals surface area contributed by atoms with E-state index in [0.717, 1.165) is 30.4 Å². The Bertz CT molecular complexity index is 552. The fraction of sp³-hybridized carbons (Fsp3) is 0.500. The van der Waals surface area contributed by atoms with E-state index in [-0.39, 0.29) is 5.91 Å². The number of thiazole rings is 1. The molecule has 2 heterocycles. The Morgan fingerprint density at radius 1 is 1.45 bits per heavy atom. The second-order valence-corrected chi connectivity index (χ2v) is 5.90. The monoisotopic (exact) mass is 311 g/mol. The summed E-state index contributed by atoms with van der Waals surface area (Å²) in [6, 6.07) is 0. The molecule has 0 unspecified atom stereocenters. The molecule has 6 nitrogen and oxygen atoms in total. The van der Waals surface area contributed by atoms with Crippen LogP contribution in [0.3, 0.4) is 0 Å². The Morgan fingerprint density at radius 3 is 2.95 bits per heavy atom. The number of hydrogen-bond acceptors (Lipinski definition) is 6. The Morgan fingerprint density at radius 2 is 2.30 bits per heavy atom. The zero-order valence-electron chi connectivity index (χ0n) is 11.5. The van der Waals surface area contributed by atoms with Gasteiger partial charge in [-0.2, -0.15) is 0 Å². The molecule has 1 amide bonds. The highest BCUT2D eigenvalue weighted by molar-refractivity contribution is 7.99. The van der Waals surface area contributed by atoms with Crippen molar-refractivity contribution in [3.8, 4) is 0 Å². The molecular formula is C12H17N5OS2. The van der Waals surface area contributed by atoms with E-state index in [9.17, 15) is 4.79 Å². The first kappa shape index (κ1) is 15.0. The third-order valence-corrected chi connectivity index (χ3v) is 4.25. The number of aryl methyl sites for hydroxylation is 1. The molecule has 0 atom stereocenters. The smallest absolute Gasteiger partial charge is 0.236 e. The average Bonchev–Trinajstić information content (AvgIpc) is 3.06. The topological polar surface area (TPSA) is 72.7 Å². The number of carbonyl (C=O) groups is 1. The standard InChI is InChI=1S/C12H17N5OS2/c1-3-5-9-15-16-12(17(9)4-2)20-8-10(18)14-11-13-6-7-19-11/h6-7H,3-5,8H2,1-2H3,(H,13,14,18). The van der Waals surface area contributed by atoms with Gasteiger partial charge in [0.2, 0.25) is 5.91 Å². The highest BCUT2D eigenvalue weighted by atomic mass is 32.2. The molecule has 0 fully saturated rings. The summed E-state index contributed by atoms with van der Waals surface area (Å²) in [6.07, 6.45) is 3.61. The molecular weight excluding hydrogens is 294 g/mol. The van der Waals surface area contributed by atoms with Crippen LogP contribution in [-0.4, -0.2) is 31.4 Å². The number of nitrogens with zero attached hydrogens (tertiary/aromatic N) is 4. The third kappa shape index (κ3) is 3.80. The number of carbonyl (C=O) groups excluding carboxylic acids is 1. The molecule has 8 heteroatoms. The van der Waals surface area contributed by atoms with Crippen LogP contribution in [0.15, 0.2) is 16.7 Å². The van der Waals surface area contributed by atoms with Crippen LogP contribution in [0.5, 0.6) is 0 Å². The van der Waals surface area contributed by atoms with Gasteiger partial charge < -0.3 is 9.88 Å². The summed E-state index contributed by atoms with van der Waals surface area (Å²) >= 11 is 2.81. The minimum atomic E-state index is -0.0763. The van der Waals surface area contributed by atoms with E-state index in [4.69, 9.17) is 0 Å². The van der Waals surface area contributed by atoms with E-state index in [1.165, 1.54) is 23.1 Å². The first-order valence-corrected chi connectivity index (χ1v) is 8.35. The summed E-state index contributed by atoms with van der Waals surface area (Å²) in [7, 11) is 0. The molecule has 1 N–H and O–H groups in total. The van der Waals surface area contributed by atoms with Crippen molar-refractivity contribution in [2.75, 3.05) is 11.1 Å². The number of anilines is 1. The van der Waals surface area contributed by atoms with Crippen LogP contribution < -0.4 is 5.32 Å². The fourth-order valence-electron chi connectivity index (χ4n) is 1.72. The lowest BCUT2D eigenvalue weighted by Gasteiger charge is -2.06. The van der Waals surface area contributed by atoms with E-state index in [1.54, 1.807) is 6.20 Å². The van der Waals surface area contributed by atoms with Crippen LogP contribution in [0, 0.1) is 0 Å². The van der Waals surface area contributed by atoms with Gasteiger partial charge in [0.15, 0.2) is 10.3 Å². The van der Waals surface area contributed by atoms with Crippen LogP contribution in [0.2, 0.25) is 0 Å². The molecule has 0 radical (unpaired) electrons. The molecule has 0 aliphatic rings. The van der Waals surface area contributed by atoms with Gasteiger partial charge in [-0.3, -0.25) is 4.79 Å². The molecule has 0 spiro atoms. The lowest BCUT2D eigenvalue weighted by atomic mass is 10.3. The Hall–Kier alpha value is -1.41. The second kappa shape index (κ2) is 7.39. The van der Waals surface area contributed by atoms with Crippen molar-refractivity contribution < 1.29 is 4.79 Å². The summed E-state index contributed by atoms with van der Waals surface area (Å²) < 4.78 is 2.06. The van der Waals surface area contributed by atoms with Gasteiger partial charge in [0.05, 0.1) is 5.75 Å². The predicted molar refractivity (Wildman–Crippen MR) is 81.2 cm³/mol. The molecule has 2 aromatic rings. The van der Waals surface area contributed by atoms with Crippen molar-refractivity contribution in [2.45, 2.75) is 38.4 Å². The van der Waals surface area contributed by atoms with Gasteiger partial charge >= 0.3 is 0 Å². The maximum absolute atomic E-state index is 11.8. The Balaban J connectivity index is 1.91. The molecule has 0 saturated carbocycles. The van der Waals surface area contributed by atoms with Gasteiger partial charge in [-0.25, -0.2) is 4.98 Å². The molecule has 0 aromatic carbocycles. The molecule has 0 saturated heterocycles. The van der Waals surface area contributed by atoms with Gasteiger partial charge in [-0.05, 0) is 13.3 Å². The molecule has 20 heavy (non-hydrogen) atoms. The van der Waals surface area contributed by atoms with Crippen molar-refractivity contribution in [3.05, 3.63) is 17.4 Å². The fourth-order valence-corrected chi connectivity index (χ4v) is 3.09. The Labute approximate surface area is 126 Å². The number of amides is 1. The van der Waals surface area contributed by atoms with Crippen LogP contribution in [0.25, 0.3) is 0 Å². The van der Waals surface area contributed by atoms with Crippen LogP contribution in [-0.2, 0) is 17.8 Å². The first-order chi connectivity index (χ1) is 9.74. The van der Waals surface area contributed by atoms with E-state index in [0.29, 0.717) is 10.9 Å². The third-order valence-electron chi connectivity index (χ3n) is 2.59. The zero-order chi connectivity index (χ0) is 14.4. The summed E-state index contributed by atoms with van der Waals surface area (Å²) in [4.78, 5) is 15.8. The summed E-state index contributed by atoms with van der Waals surface area (Å²) in [5, 5.41) is 14.3. The molecule has 0 bridgehead atoms. The van der Waals surface area contributed by atoms with Crippen molar-refractivity contribution >= 4 is 34.1 Å². The minimum absolute atomic E-state index is 0.0763. The van der Waals surface area contributed by atoms with Gasteiger partial charge in [0, 0.05) is 24.5 Å². The van der Waals surface area contributed by atoms with Crippen molar-refractivity contribution in [1.29, 1.82) is 0 Å². The van der Waals surface area contributed by atoms with Gasteiger partial charge in [-0.15, -0.1) is 21.5 Å². The summed E-state index contributed by atoms with van der Waals surface area (Å²) in [5.41, 5.74) is 0. The van der Waals surface area contributed by atoms with Gasteiger partial charge in [0.25, 0.3) is 0 Å². The molecule has 2 rings (SSSR count). The molecule has 108 valence electrons. The van der Waals surface area contributed by atoms with E-state index in [1.807, 2.05) is 5.38 Å². The van der Waals surface area contributed by atoms with Crippen LogP contribution >= 0.6 is 23.1 Å². The lowest BCUT2D eigenvalue weighted by Crippen LogP contribution is -2.14. The van der Waals surface area contributed by atoms with Gasteiger partial charge in [-0.1, -0.05) is 18.7 Å². The lowest BCUT2D eigenvalue weighted by molar-refractivity contribution is -0.113. The molecule has 0 aliphatic heterocycles. The van der Waals surface area contributed by atoms with E-state index in [2.05, 4.69) is 38.9 Å². The SMILES string of the molecule is CCCc1nnc(SCC(=O)Nc2nccs2)n1CC. The predicted octanol–water partition coefficient (Wildman–Crippen LogP) is 2.44. The van der Waals surface area contributed by atoms with E-state index < -0.39 is 0 Å². The minimum Gasteiger partial charge on any atom is -0.306 e. The van der Waals surface area contributed by atoms with Crippen molar-refractivity contribution in [3.63, 3.8) is 0 Å². The maximum atomic E-state index is 11.8. The average molecular weight is 311 g/mol.